The van der Waals surface area contributed by atoms with Crippen LogP contribution in [-0.2, 0) is 0 Å². The van der Waals surface area contributed by atoms with Crippen molar-refractivity contribution in [3.8, 4) is 11.5 Å². The minimum Gasteiger partial charge on any atom is -0.493 e. The molecule has 3 N–H and O–H groups in total. The molecule has 24 heavy (non-hydrogen) atoms. The number of H-pyrrole nitrogens is 1. The lowest BCUT2D eigenvalue weighted by Crippen LogP contribution is -2.41. The maximum Gasteiger partial charge on any atom is 0.286 e. The zero-order valence-electron chi connectivity index (χ0n) is 13.3. The number of methoxy groups -OCH3 is 1. The minimum atomic E-state index is -0.530. The number of hydrazine groups is 1. The Labute approximate surface area is 144 Å². The molecule has 0 spiro atoms. The molecule has 0 saturated heterocycles. The molecule has 8 heteroatoms. The first-order valence-corrected chi connectivity index (χ1v) is 7.69. The molecule has 2 amide bonds. The van der Waals surface area contributed by atoms with E-state index < -0.39 is 11.8 Å². The highest BCUT2D eigenvalue weighted by atomic mass is 35.5. The van der Waals surface area contributed by atoms with Crippen molar-refractivity contribution in [1.29, 1.82) is 0 Å². The number of benzene rings is 1. The van der Waals surface area contributed by atoms with Gasteiger partial charge in [-0.05, 0) is 30.7 Å². The van der Waals surface area contributed by atoms with Crippen molar-refractivity contribution >= 4 is 23.4 Å². The summed E-state index contributed by atoms with van der Waals surface area (Å²) in [6.07, 6.45) is 2.42. The first-order valence-electron chi connectivity index (χ1n) is 7.31. The highest BCUT2D eigenvalue weighted by Gasteiger charge is 2.16. The molecule has 0 aliphatic rings. The number of aromatic amines is 1. The van der Waals surface area contributed by atoms with E-state index in [0.717, 1.165) is 6.42 Å². The summed E-state index contributed by atoms with van der Waals surface area (Å²) >= 11 is 6.16. The number of hydrogen-bond acceptors (Lipinski definition) is 4. The van der Waals surface area contributed by atoms with Crippen LogP contribution < -0.4 is 20.3 Å². The number of rotatable bonds is 6. The van der Waals surface area contributed by atoms with Crippen LogP contribution in [0, 0.1) is 0 Å². The van der Waals surface area contributed by atoms with Crippen LogP contribution in [0.15, 0.2) is 30.5 Å². The Morgan fingerprint density at radius 1 is 1.25 bits per heavy atom. The number of carbonyl (C=O) groups excluding carboxylic acids is 2. The van der Waals surface area contributed by atoms with Gasteiger partial charge in [0.1, 0.15) is 5.69 Å². The number of hydrogen-bond donors (Lipinski definition) is 3. The second-order valence-electron chi connectivity index (χ2n) is 4.83. The number of ether oxygens (including phenoxy) is 2. The maximum atomic E-state index is 12.2. The third-order valence-corrected chi connectivity index (χ3v) is 3.36. The second-order valence-corrected chi connectivity index (χ2v) is 5.24. The molecule has 0 fully saturated rings. The maximum absolute atomic E-state index is 12.2. The van der Waals surface area contributed by atoms with Crippen LogP contribution in [-0.4, -0.2) is 30.5 Å². The molecule has 2 aromatic rings. The van der Waals surface area contributed by atoms with Gasteiger partial charge >= 0.3 is 0 Å². The quantitative estimate of drug-likeness (QED) is 0.697. The summed E-state index contributed by atoms with van der Waals surface area (Å²) in [6.45, 7) is 2.45. The molecule has 0 atom stereocenters. The van der Waals surface area contributed by atoms with Crippen LogP contribution in [0.2, 0.25) is 5.02 Å². The first kappa shape index (κ1) is 17.7. The molecule has 0 radical (unpaired) electrons. The fraction of sp³-hybridized carbons (Fsp3) is 0.250. The van der Waals surface area contributed by atoms with Crippen molar-refractivity contribution in [2.24, 2.45) is 0 Å². The van der Waals surface area contributed by atoms with Crippen LogP contribution in [0.5, 0.6) is 11.5 Å². The Bertz CT molecular complexity index is 716. The summed E-state index contributed by atoms with van der Waals surface area (Å²) in [6, 6.07) is 6.20. The summed E-state index contributed by atoms with van der Waals surface area (Å²) in [5.41, 5.74) is 5.18. The van der Waals surface area contributed by atoms with Gasteiger partial charge < -0.3 is 14.5 Å². The first-order chi connectivity index (χ1) is 11.6. The van der Waals surface area contributed by atoms with E-state index in [2.05, 4.69) is 15.8 Å². The Balaban J connectivity index is 2.09. The molecule has 0 bridgehead atoms. The van der Waals surface area contributed by atoms with Gasteiger partial charge in [-0.2, -0.15) is 0 Å². The Kier molecular flexibility index (Phi) is 6.08. The zero-order chi connectivity index (χ0) is 17.5. The Hall–Kier alpha value is -2.67. The SMILES string of the molecule is CCCOc1c(Cl)cc(C(=O)NNC(=O)c2ccc[nH]2)cc1OC. The highest BCUT2D eigenvalue weighted by molar-refractivity contribution is 6.32. The molecule has 128 valence electrons. The standard InChI is InChI=1S/C16H18ClN3O4/c1-3-7-24-14-11(17)8-10(9-13(14)23-2)15(21)19-20-16(22)12-5-4-6-18-12/h4-6,8-9,18H,3,7H2,1-2H3,(H,19,21)(H,20,22). The molecule has 2 rings (SSSR count). The van der Waals surface area contributed by atoms with Crippen molar-refractivity contribution in [1.82, 2.24) is 15.8 Å². The number of amides is 2. The summed E-state index contributed by atoms with van der Waals surface area (Å²) in [5, 5.41) is 0.253. The van der Waals surface area contributed by atoms with E-state index in [1.165, 1.54) is 19.2 Å². The lowest BCUT2D eigenvalue weighted by atomic mass is 10.2. The molecule has 7 nitrogen and oxygen atoms in total. The number of carbonyl (C=O) groups is 2. The van der Waals surface area contributed by atoms with E-state index in [1.54, 1.807) is 18.3 Å². The lowest BCUT2D eigenvalue weighted by Gasteiger charge is -2.14. The van der Waals surface area contributed by atoms with Crippen molar-refractivity contribution in [3.05, 3.63) is 46.7 Å². The van der Waals surface area contributed by atoms with E-state index in [9.17, 15) is 9.59 Å². The average molecular weight is 352 g/mol. The van der Waals surface area contributed by atoms with E-state index in [0.29, 0.717) is 23.8 Å². The van der Waals surface area contributed by atoms with Crippen LogP contribution in [0.3, 0.4) is 0 Å². The average Bonchev–Trinajstić information content (AvgIpc) is 3.12. The van der Waals surface area contributed by atoms with Gasteiger partial charge in [0.15, 0.2) is 11.5 Å². The van der Waals surface area contributed by atoms with Crippen molar-refractivity contribution in [2.45, 2.75) is 13.3 Å². The normalized spacial score (nSPS) is 10.1. The van der Waals surface area contributed by atoms with Crippen LogP contribution >= 0.6 is 11.6 Å². The summed E-state index contributed by atoms with van der Waals surface area (Å²) in [5.74, 6) is -0.267. The third-order valence-electron chi connectivity index (χ3n) is 3.07. The summed E-state index contributed by atoms with van der Waals surface area (Å²) in [4.78, 5) is 26.7. The van der Waals surface area contributed by atoms with Crippen LogP contribution in [0.25, 0.3) is 0 Å². The topological polar surface area (TPSA) is 92.5 Å². The molecule has 0 aliphatic heterocycles. The van der Waals surface area contributed by atoms with Gasteiger partial charge in [0.25, 0.3) is 11.8 Å². The fourth-order valence-electron chi connectivity index (χ4n) is 1.92. The molecule has 1 aromatic carbocycles. The summed E-state index contributed by atoms with van der Waals surface area (Å²) in [7, 11) is 1.46. The molecule has 1 aromatic heterocycles. The Morgan fingerprint density at radius 3 is 2.62 bits per heavy atom. The van der Waals surface area contributed by atoms with Crippen LogP contribution in [0.1, 0.15) is 34.2 Å². The molecular formula is C16H18ClN3O4. The highest BCUT2D eigenvalue weighted by Crippen LogP contribution is 2.36. The second kappa shape index (κ2) is 8.26. The number of nitrogens with one attached hydrogen (secondary N) is 3. The van der Waals surface area contributed by atoms with E-state index >= 15 is 0 Å². The smallest absolute Gasteiger partial charge is 0.286 e. The lowest BCUT2D eigenvalue weighted by molar-refractivity contribution is 0.0844. The fourth-order valence-corrected chi connectivity index (χ4v) is 2.18. The third kappa shape index (κ3) is 4.20. The van der Waals surface area contributed by atoms with Crippen molar-refractivity contribution < 1.29 is 19.1 Å². The largest absolute Gasteiger partial charge is 0.493 e. The Morgan fingerprint density at radius 2 is 2.00 bits per heavy atom. The van der Waals surface area contributed by atoms with Gasteiger partial charge in [-0.1, -0.05) is 18.5 Å². The van der Waals surface area contributed by atoms with Gasteiger partial charge in [0.2, 0.25) is 0 Å². The van der Waals surface area contributed by atoms with Gasteiger partial charge in [-0.3, -0.25) is 20.4 Å². The van der Waals surface area contributed by atoms with Crippen molar-refractivity contribution in [3.63, 3.8) is 0 Å². The van der Waals surface area contributed by atoms with Crippen LogP contribution in [0.4, 0.5) is 0 Å². The predicted octanol–water partition coefficient (Wildman–Crippen LogP) is 2.54. The van der Waals surface area contributed by atoms with E-state index in [4.69, 9.17) is 21.1 Å². The molecular weight excluding hydrogens is 334 g/mol. The number of aromatic nitrogens is 1. The van der Waals surface area contributed by atoms with Gasteiger partial charge in [0, 0.05) is 11.8 Å². The van der Waals surface area contributed by atoms with Gasteiger partial charge in [-0.25, -0.2) is 0 Å². The zero-order valence-corrected chi connectivity index (χ0v) is 14.1. The number of halogens is 1. The van der Waals surface area contributed by atoms with Crippen molar-refractivity contribution in [2.75, 3.05) is 13.7 Å². The minimum absolute atomic E-state index is 0.229. The van der Waals surface area contributed by atoms with Gasteiger partial charge in [0.05, 0.1) is 18.7 Å². The van der Waals surface area contributed by atoms with E-state index in [-0.39, 0.29) is 10.6 Å². The van der Waals surface area contributed by atoms with Gasteiger partial charge in [-0.15, -0.1) is 0 Å². The predicted molar refractivity (Wildman–Crippen MR) is 89.5 cm³/mol. The summed E-state index contributed by atoms with van der Waals surface area (Å²) < 4.78 is 10.7. The molecule has 1 heterocycles. The molecule has 0 unspecified atom stereocenters. The molecule has 0 aliphatic carbocycles. The molecule has 0 saturated carbocycles. The van der Waals surface area contributed by atoms with E-state index in [1.807, 2.05) is 6.92 Å². The monoisotopic (exact) mass is 351 g/mol.